The summed E-state index contributed by atoms with van der Waals surface area (Å²) in [4.78, 5) is 24.7. The monoisotopic (exact) mass is 351 g/mol. The topological polar surface area (TPSA) is 57.5 Å². The second-order valence-electron chi connectivity index (χ2n) is 6.12. The molecule has 0 bridgehead atoms. The Labute approximate surface area is 152 Å². The zero-order valence-electron chi connectivity index (χ0n) is 15.1. The minimum atomic E-state index is -0.446. The number of para-hydroxylation sites is 1. The van der Waals surface area contributed by atoms with Crippen LogP contribution >= 0.6 is 0 Å². The Balaban J connectivity index is 1.84. The van der Waals surface area contributed by atoms with E-state index < -0.39 is 5.97 Å². The summed E-state index contributed by atoms with van der Waals surface area (Å²) in [7, 11) is 2.98. The van der Waals surface area contributed by atoms with Gasteiger partial charge in [-0.25, -0.2) is 4.79 Å². The van der Waals surface area contributed by atoms with Crippen LogP contribution in [0.25, 0.3) is 10.9 Å². The first-order chi connectivity index (χ1) is 12.5. The Morgan fingerprint density at radius 3 is 2.54 bits per heavy atom. The molecule has 0 radical (unpaired) electrons. The normalized spacial score (nSPS) is 10.7. The zero-order valence-corrected chi connectivity index (χ0v) is 15.1. The van der Waals surface area contributed by atoms with Crippen LogP contribution in [0, 0.1) is 6.92 Å². The molecule has 5 heteroatoms. The third kappa shape index (κ3) is 3.33. The number of benzene rings is 2. The predicted octanol–water partition coefficient (Wildman–Crippen LogP) is 4.02. The van der Waals surface area contributed by atoms with Crippen molar-refractivity contribution in [3.63, 3.8) is 0 Å². The van der Waals surface area contributed by atoms with Gasteiger partial charge >= 0.3 is 5.97 Å². The first-order valence-corrected chi connectivity index (χ1v) is 8.40. The van der Waals surface area contributed by atoms with Crippen LogP contribution in [0.15, 0.2) is 48.7 Å². The van der Waals surface area contributed by atoms with Crippen molar-refractivity contribution in [2.24, 2.45) is 0 Å². The largest absolute Gasteiger partial charge is 0.496 e. The molecule has 0 fully saturated rings. The van der Waals surface area contributed by atoms with E-state index in [2.05, 4.69) is 0 Å². The van der Waals surface area contributed by atoms with Crippen molar-refractivity contribution in [3.05, 3.63) is 65.4 Å². The Morgan fingerprint density at radius 1 is 1.08 bits per heavy atom. The third-order valence-corrected chi connectivity index (χ3v) is 4.47. The quantitative estimate of drug-likeness (QED) is 0.652. The molecule has 1 heterocycles. The first kappa shape index (κ1) is 17.7. The van der Waals surface area contributed by atoms with Crippen LogP contribution in [-0.4, -0.2) is 30.7 Å². The van der Waals surface area contributed by atoms with Crippen LogP contribution in [0.3, 0.4) is 0 Å². The number of fused-ring (bicyclic) bond motifs is 1. The first-order valence-electron chi connectivity index (χ1n) is 8.40. The molecule has 0 N–H and O–H groups in total. The van der Waals surface area contributed by atoms with Gasteiger partial charge in [-0.3, -0.25) is 9.36 Å². The fourth-order valence-corrected chi connectivity index (χ4v) is 3.13. The van der Waals surface area contributed by atoms with Gasteiger partial charge < -0.3 is 9.47 Å². The van der Waals surface area contributed by atoms with E-state index in [0.29, 0.717) is 29.3 Å². The summed E-state index contributed by atoms with van der Waals surface area (Å²) in [6.45, 7) is 1.98. The molecule has 0 aliphatic carbocycles. The van der Waals surface area contributed by atoms with E-state index in [9.17, 15) is 9.59 Å². The number of carbonyl (C=O) groups is 2. The minimum Gasteiger partial charge on any atom is -0.496 e. The van der Waals surface area contributed by atoms with Gasteiger partial charge in [0.25, 0.3) is 0 Å². The Hall–Kier alpha value is -3.08. The summed E-state index contributed by atoms with van der Waals surface area (Å²) in [5.74, 6) is 0.322. The van der Waals surface area contributed by atoms with Crippen molar-refractivity contribution in [1.29, 1.82) is 0 Å². The van der Waals surface area contributed by atoms with Gasteiger partial charge in [-0.15, -0.1) is 0 Å². The van der Waals surface area contributed by atoms with Gasteiger partial charge in [0.05, 0.1) is 25.3 Å². The van der Waals surface area contributed by atoms with E-state index in [4.69, 9.17) is 9.47 Å². The van der Waals surface area contributed by atoms with Crippen LogP contribution in [0.2, 0.25) is 0 Å². The lowest BCUT2D eigenvalue weighted by Gasteiger charge is -2.08. The number of aromatic nitrogens is 1. The summed E-state index contributed by atoms with van der Waals surface area (Å²) >= 11 is 0. The van der Waals surface area contributed by atoms with Crippen LogP contribution in [-0.2, 0) is 11.2 Å². The predicted molar refractivity (Wildman–Crippen MR) is 100.0 cm³/mol. The van der Waals surface area contributed by atoms with Crippen molar-refractivity contribution in [2.75, 3.05) is 14.2 Å². The molecule has 0 saturated carbocycles. The molecule has 0 unspecified atom stereocenters. The van der Waals surface area contributed by atoms with Gasteiger partial charge in [0.2, 0.25) is 5.91 Å². The third-order valence-electron chi connectivity index (χ3n) is 4.47. The number of nitrogens with zero attached hydrogens (tertiary/aromatic N) is 1. The highest BCUT2D eigenvalue weighted by Crippen LogP contribution is 2.23. The second kappa shape index (κ2) is 7.44. The summed E-state index contributed by atoms with van der Waals surface area (Å²) in [6.07, 6.45) is 2.52. The average Bonchev–Trinajstić information content (AvgIpc) is 3.05. The number of methoxy groups -OCH3 is 2. The fourth-order valence-electron chi connectivity index (χ4n) is 3.13. The highest BCUT2D eigenvalue weighted by molar-refractivity contribution is 6.07. The number of aryl methyl sites for hydroxylation is 2. The molecular weight excluding hydrogens is 330 g/mol. The molecule has 0 aliphatic heterocycles. The average molecular weight is 351 g/mol. The lowest BCUT2D eigenvalue weighted by Crippen LogP contribution is -2.10. The van der Waals surface area contributed by atoms with Crippen LogP contribution in [0.1, 0.15) is 32.7 Å². The van der Waals surface area contributed by atoms with Gasteiger partial charge in [-0.2, -0.15) is 0 Å². The van der Waals surface area contributed by atoms with Crippen molar-refractivity contribution < 1.29 is 19.1 Å². The molecule has 2 aromatic carbocycles. The summed E-state index contributed by atoms with van der Waals surface area (Å²) in [5, 5.41) is 0.716. The van der Waals surface area contributed by atoms with Crippen molar-refractivity contribution >= 4 is 22.8 Å². The van der Waals surface area contributed by atoms with Crippen molar-refractivity contribution in [3.8, 4) is 5.75 Å². The maximum Gasteiger partial charge on any atom is 0.340 e. The molecule has 3 aromatic rings. The lowest BCUT2D eigenvalue weighted by atomic mass is 10.1. The number of esters is 1. The van der Waals surface area contributed by atoms with Gasteiger partial charge in [0, 0.05) is 18.0 Å². The summed E-state index contributed by atoms with van der Waals surface area (Å²) in [5.41, 5.74) is 3.22. The molecule has 134 valence electrons. The van der Waals surface area contributed by atoms with E-state index in [0.717, 1.165) is 16.9 Å². The minimum absolute atomic E-state index is 0.0650. The highest BCUT2D eigenvalue weighted by atomic mass is 16.5. The van der Waals surface area contributed by atoms with E-state index in [1.165, 1.54) is 11.7 Å². The van der Waals surface area contributed by atoms with Crippen LogP contribution < -0.4 is 4.74 Å². The number of ether oxygens (including phenoxy) is 2. The molecular formula is C21H21NO4. The summed E-state index contributed by atoms with van der Waals surface area (Å²) in [6, 6.07) is 13.2. The summed E-state index contributed by atoms with van der Waals surface area (Å²) < 4.78 is 11.6. The molecule has 0 atom stereocenters. The molecule has 0 aliphatic rings. The molecule has 3 rings (SSSR count). The maximum atomic E-state index is 12.8. The SMILES string of the molecule is COC(=O)c1cn(C(=O)CCc2ccc(OC)c(C)c2)c2ccccc12. The fraction of sp³-hybridized carbons (Fsp3) is 0.238. The van der Waals surface area contributed by atoms with Crippen molar-refractivity contribution in [1.82, 2.24) is 4.57 Å². The second-order valence-corrected chi connectivity index (χ2v) is 6.12. The van der Waals surface area contributed by atoms with Crippen molar-refractivity contribution in [2.45, 2.75) is 19.8 Å². The van der Waals surface area contributed by atoms with E-state index in [1.54, 1.807) is 13.3 Å². The standard InChI is InChI=1S/C21H21NO4/c1-14-12-15(8-10-19(14)25-2)9-11-20(23)22-13-17(21(24)26-3)16-6-4-5-7-18(16)22/h4-8,10,12-13H,9,11H2,1-3H3. The number of hydrogen-bond donors (Lipinski definition) is 0. The number of hydrogen-bond acceptors (Lipinski definition) is 4. The van der Waals surface area contributed by atoms with Gasteiger partial charge in [-0.1, -0.05) is 30.3 Å². The number of rotatable bonds is 5. The van der Waals surface area contributed by atoms with Gasteiger partial charge in [0.1, 0.15) is 5.75 Å². The van der Waals surface area contributed by atoms with E-state index in [1.807, 2.05) is 49.4 Å². The smallest absolute Gasteiger partial charge is 0.340 e. The zero-order chi connectivity index (χ0) is 18.7. The molecule has 5 nitrogen and oxygen atoms in total. The van der Waals surface area contributed by atoms with Gasteiger partial charge in [-0.05, 0) is 36.6 Å². The number of carbonyl (C=O) groups excluding carboxylic acids is 2. The van der Waals surface area contributed by atoms with E-state index in [-0.39, 0.29) is 5.91 Å². The molecule has 0 amide bonds. The molecule has 0 spiro atoms. The molecule has 26 heavy (non-hydrogen) atoms. The highest BCUT2D eigenvalue weighted by Gasteiger charge is 2.18. The molecule has 0 saturated heterocycles. The Kier molecular flexibility index (Phi) is 5.07. The molecule has 1 aromatic heterocycles. The maximum absolute atomic E-state index is 12.8. The van der Waals surface area contributed by atoms with Crippen LogP contribution in [0.4, 0.5) is 0 Å². The van der Waals surface area contributed by atoms with Crippen LogP contribution in [0.5, 0.6) is 5.75 Å². The Morgan fingerprint density at radius 2 is 1.85 bits per heavy atom. The Bertz CT molecular complexity index is 971. The van der Waals surface area contributed by atoms with E-state index >= 15 is 0 Å². The lowest BCUT2D eigenvalue weighted by molar-refractivity contribution is 0.0603. The van der Waals surface area contributed by atoms with Gasteiger partial charge in [0.15, 0.2) is 0 Å².